The Morgan fingerprint density at radius 1 is 1.12 bits per heavy atom. The molecule has 172 valence electrons. The number of allylic oxidation sites excluding steroid dienone is 3. The molecule has 2 aromatic rings. The summed E-state index contributed by atoms with van der Waals surface area (Å²) in [6, 6.07) is 12.9. The number of methoxy groups -OCH3 is 2. The van der Waals surface area contributed by atoms with E-state index in [4.69, 9.17) is 25.8 Å². The molecule has 0 radical (unpaired) electrons. The van der Waals surface area contributed by atoms with Crippen LogP contribution in [0.4, 0.5) is 0 Å². The van der Waals surface area contributed by atoms with Crippen molar-refractivity contribution in [1.29, 1.82) is 0 Å². The highest BCUT2D eigenvalue weighted by Crippen LogP contribution is 2.43. The smallest absolute Gasteiger partial charge is 0.336 e. The van der Waals surface area contributed by atoms with Crippen molar-refractivity contribution in [2.24, 2.45) is 0 Å². The predicted octanol–water partition coefficient (Wildman–Crippen LogP) is 5.07. The molecule has 0 aromatic heterocycles. The van der Waals surface area contributed by atoms with Crippen LogP contribution in [0.15, 0.2) is 65.0 Å². The van der Waals surface area contributed by atoms with Gasteiger partial charge >= 0.3 is 5.97 Å². The highest BCUT2D eigenvalue weighted by Gasteiger charge is 2.39. The second-order valence-electron chi connectivity index (χ2n) is 8.05. The van der Waals surface area contributed by atoms with E-state index in [0.29, 0.717) is 39.8 Å². The van der Waals surface area contributed by atoms with Gasteiger partial charge in [-0.05, 0) is 49.6 Å². The van der Waals surface area contributed by atoms with E-state index in [1.165, 1.54) is 7.11 Å². The normalized spacial score (nSPS) is 17.9. The van der Waals surface area contributed by atoms with Gasteiger partial charge in [0.25, 0.3) is 0 Å². The molecule has 1 heterocycles. The maximum Gasteiger partial charge on any atom is 0.336 e. The van der Waals surface area contributed by atoms with E-state index in [0.717, 1.165) is 29.7 Å². The molecule has 0 saturated carbocycles. The molecule has 4 rings (SSSR count). The van der Waals surface area contributed by atoms with Gasteiger partial charge in [-0.2, -0.15) is 0 Å². The van der Waals surface area contributed by atoms with E-state index in [9.17, 15) is 9.59 Å². The second kappa shape index (κ2) is 9.71. The molecule has 1 aliphatic carbocycles. The van der Waals surface area contributed by atoms with Crippen LogP contribution in [-0.4, -0.2) is 26.0 Å². The molecule has 1 N–H and O–H groups in total. The van der Waals surface area contributed by atoms with Gasteiger partial charge < -0.3 is 19.5 Å². The molecule has 7 heteroatoms. The standard InChI is InChI=1S/C26H26ClNO5/c1-15-23(26(30)32-3)24(25-19(28-15)8-6-9-20(25)29)16-11-12-21(31-2)17(13-16)14-33-22-10-5-4-7-18(22)27/h4-5,7,10-13,24,28H,6,8-9,14H2,1-3H3/t24-/m0/s1. The third-order valence-electron chi connectivity index (χ3n) is 6.04. The van der Waals surface area contributed by atoms with Gasteiger partial charge in [0.2, 0.25) is 0 Å². The lowest BCUT2D eigenvalue weighted by molar-refractivity contribution is -0.136. The lowest BCUT2D eigenvalue weighted by atomic mass is 9.75. The van der Waals surface area contributed by atoms with Gasteiger partial charge in [-0.3, -0.25) is 4.79 Å². The minimum Gasteiger partial charge on any atom is -0.496 e. The lowest BCUT2D eigenvalue weighted by Gasteiger charge is -2.34. The number of rotatable bonds is 6. The molecule has 2 aliphatic rings. The number of dihydropyridines is 1. The van der Waals surface area contributed by atoms with Crippen LogP contribution in [0.3, 0.4) is 0 Å². The number of hydrogen-bond donors (Lipinski definition) is 1. The first kappa shape index (κ1) is 22.9. The maximum absolute atomic E-state index is 13.0. The van der Waals surface area contributed by atoms with E-state index in [1.54, 1.807) is 19.2 Å². The molecular weight excluding hydrogens is 442 g/mol. The fourth-order valence-electron chi connectivity index (χ4n) is 4.51. The third-order valence-corrected chi connectivity index (χ3v) is 6.35. The number of ether oxygens (including phenoxy) is 3. The van der Waals surface area contributed by atoms with E-state index in [1.807, 2.05) is 37.3 Å². The molecule has 1 aliphatic heterocycles. The van der Waals surface area contributed by atoms with Crippen molar-refractivity contribution in [2.75, 3.05) is 14.2 Å². The van der Waals surface area contributed by atoms with Crippen molar-refractivity contribution >= 4 is 23.4 Å². The number of benzene rings is 2. The minimum absolute atomic E-state index is 0.0485. The zero-order chi connectivity index (χ0) is 23.5. The highest BCUT2D eigenvalue weighted by atomic mass is 35.5. The first-order valence-corrected chi connectivity index (χ1v) is 11.2. The first-order valence-electron chi connectivity index (χ1n) is 10.8. The summed E-state index contributed by atoms with van der Waals surface area (Å²) in [5.74, 6) is 0.273. The predicted molar refractivity (Wildman–Crippen MR) is 125 cm³/mol. The Bertz CT molecular complexity index is 1170. The summed E-state index contributed by atoms with van der Waals surface area (Å²) < 4.78 is 16.6. The van der Waals surface area contributed by atoms with E-state index < -0.39 is 11.9 Å². The van der Waals surface area contributed by atoms with Crippen molar-refractivity contribution in [1.82, 2.24) is 5.32 Å². The molecular formula is C26H26ClNO5. The number of nitrogens with one attached hydrogen (secondary N) is 1. The Morgan fingerprint density at radius 3 is 2.64 bits per heavy atom. The fraction of sp³-hybridized carbons (Fsp3) is 0.308. The number of esters is 1. The molecule has 0 amide bonds. The Balaban J connectivity index is 1.77. The molecule has 0 fully saturated rings. The van der Waals surface area contributed by atoms with E-state index in [2.05, 4.69) is 5.32 Å². The third kappa shape index (κ3) is 4.48. The van der Waals surface area contributed by atoms with Crippen molar-refractivity contribution < 1.29 is 23.8 Å². The quantitative estimate of drug-likeness (QED) is 0.598. The van der Waals surface area contributed by atoms with Crippen LogP contribution in [0, 0.1) is 0 Å². The largest absolute Gasteiger partial charge is 0.496 e. The summed E-state index contributed by atoms with van der Waals surface area (Å²) in [6.45, 7) is 2.05. The summed E-state index contributed by atoms with van der Waals surface area (Å²) in [5, 5.41) is 3.79. The van der Waals surface area contributed by atoms with Gasteiger partial charge in [0.05, 0.1) is 24.8 Å². The number of para-hydroxylation sites is 1. The Labute approximate surface area is 198 Å². The van der Waals surface area contributed by atoms with Crippen LogP contribution >= 0.6 is 11.6 Å². The fourth-order valence-corrected chi connectivity index (χ4v) is 4.70. The average molecular weight is 468 g/mol. The van der Waals surface area contributed by atoms with Gasteiger partial charge in [0.1, 0.15) is 18.1 Å². The monoisotopic (exact) mass is 467 g/mol. The number of hydrogen-bond acceptors (Lipinski definition) is 6. The van der Waals surface area contributed by atoms with Crippen molar-refractivity contribution in [3.05, 3.63) is 81.2 Å². The van der Waals surface area contributed by atoms with Gasteiger partial charge in [-0.15, -0.1) is 0 Å². The van der Waals surface area contributed by atoms with Crippen LogP contribution in [0.2, 0.25) is 5.02 Å². The molecule has 2 aromatic carbocycles. The topological polar surface area (TPSA) is 73.9 Å². The number of carbonyl (C=O) groups is 2. The molecule has 33 heavy (non-hydrogen) atoms. The van der Waals surface area contributed by atoms with Crippen LogP contribution in [0.5, 0.6) is 11.5 Å². The summed E-state index contributed by atoms with van der Waals surface area (Å²) >= 11 is 6.23. The van der Waals surface area contributed by atoms with Crippen molar-refractivity contribution in [2.45, 2.75) is 38.7 Å². The van der Waals surface area contributed by atoms with Gasteiger partial charge in [-0.1, -0.05) is 29.8 Å². The molecule has 1 atom stereocenters. The van der Waals surface area contributed by atoms with Crippen LogP contribution in [0.25, 0.3) is 0 Å². The Morgan fingerprint density at radius 2 is 1.91 bits per heavy atom. The van der Waals surface area contributed by atoms with Crippen LogP contribution in [0.1, 0.15) is 43.2 Å². The van der Waals surface area contributed by atoms with Gasteiger partial charge in [-0.25, -0.2) is 4.79 Å². The average Bonchev–Trinajstić information content (AvgIpc) is 2.82. The summed E-state index contributed by atoms with van der Waals surface area (Å²) in [5.41, 5.74) is 4.24. The Kier molecular flexibility index (Phi) is 6.75. The number of carbonyl (C=O) groups excluding carboxylic acids is 2. The van der Waals surface area contributed by atoms with Crippen molar-refractivity contribution in [3.8, 4) is 11.5 Å². The molecule has 0 unspecified atom stereocenters. The van der Waals surface area contributed by atoms with Crippen LogP contribution in [-0.2, 0) is 20.9 Å². The second-order valence-corrected chi connectivity index (χ2v) is 8.45. The SMILES string of the molecule is COC(=O)C1=C(C)NC2=C(C(=O)CCC2)[C@H]1c1ccc(OC)c(COc2ccccc2Cl)c1. The molecule has 0 spiro atoms. The zero-order valence-corrected chi connectivity index (χ0v) is 19.6. The summed E-state index contributed by atoms with van der Waals surface area (Å²) in [6.07, 6.45) is 2.02. The molecule has 0 bridgehead atoms. The minimum atomic E-state index is -0.522. The molecule has 6 nitrogen and oxygen atoms in total. The summed E-state index contributed by atoms with van der Waals surface area (Å²) in [7, 11) is 2.94. The summed E-state index contributed by atoms with van der Waals surface area (Å²) in [4.78, 5) is 25.8. The van der Waals surface area contributed by atoms with E-state index in [-0.39, 0.29) is 12.4 Å². The van der Waals surface area contributed by atoms with Gasteiger partial charge in [0, 0.05) is 34.9 Å². The number of ketones is 1. The highest BCUT2D eigenvalue weighted by molar-refractivity contribution is 6.32. The van der Waals surface area contributed by atoms with Crippen molar-refractivity contribution in [3.63, 3.8) is 0 Å². The maximum atomic E-state index is 13.0. The number of Topliss-reactive ketones (excluding diaryl/α,β-unsaturated/α-hetero) is 1. The Hall–Kier alpha value is -3.25. The van der Waals surface area contributed by atoms with Gasteiger partial charge in [0.15, 0.2) is 5.78 Å². The lowest BCUT2D eigenvalue weighted by Crippen LogP contribution is -2.34. The molecule has 0 saturated heterocycles. The number of halogens is 1. The first-order chi connectivity index (χ1) is 15.9. The zero-order valence-electron chi connectivity index (χ0n) is 18.9. The van der Waals surface area contributed by atoms with E-state index >= 15 is 0 Å². The van der Waals surface area contributed by atoms with Crippen LogP contribution < -0.4 is 14.8 Å².